The van der Waals surface area contributed by atoms with Crippen LogP contribution in [-0.2, 0) is 16.0 Å². The number of ether oxygens (including phenoxy) is 1. The van der Waals surface area contributed by atoms with Crippen molar-refractivity contribution in [3.63, 3.8) is 0 Å². The minimum Gasteiger partial charge on any atom is -0.480 e. The van der Waals surface area contributed by atoms with Crippen molar-refractivity contribution in [1.82, 2.24) is 0 Å². The van der Waals surface area contributed by atoms with E-state index >= 15 is 0 Å². The summed E-state index contributed by atoms with van der Waals surface area (Å²) >= 11 is 0. The molecule has 0 spiro atoms. The average Bonchev–Trinajstić information content (AvgIpc) is 2.29. The number of carbonyl (C=O) groups is 2. The molecule has 5 heteroatoms. The number of benzene rings is 1. The van der Waals surface area contributed by atoms with Crippen LogP contribution < -0.4 is 5.73 Å². The molecule has 5 nitrogen and oxygen atoms in total. The first-order valence-corrected chi connectivity index (χ1v) is 5.29. The molecule has 3 N–H and O–H groups in total. The second-order valence-corrected chi connectivity index (χ2v) is 3.57. The van der Waals surface area contributed by atoms with Gasteiger partial charge in [-0.1, -0.05) is 12.1 Å². The maximum Gasteiger partial charge on any atom is 0.338 e. The molecule has 92 valence electrons. The molecular formula is C12H15NO4. The first kappa shape index (κ1) is 13.2. The Labute approximate surface area is 99.2 Å². The Hall–Kier alpha value is -1.88. The molecule has 1 aromatic carbocycles. The van der Waals surface area contributed by atoms with Gasteiger partial charge in [-0.25, -0.2) is 4.79 Å². The third kappa shape index (κ3) is 3.88. The van der Waals surface area contributed by atoms with Gasteiger partial charge < -0.3 is 15.6 Å². The van der Waals surface area contributed by atoms with Crippen LogP contribution >= 0.6 is 0 Å². The van der Waals surface area contributed by atoms with Crippen molar-refractivity contribution in [2.75, 3.05) is 6.61 Å². The lowest BCUT2D eigenvalue weighted by Gasteiger charge is -2.08. The molecule has 0 radical (unpaired) electrons. The highest BCUT2D eigenvalue weighted by molar-refractivity contribution is 5.89. The van der Waals surface area contributed by atoms with Crippen LogP contribution in [0.15, 0.2) is 24.3 Å². The molecule has 0 aliphatic rings. The first-order chi connectivity index (χ1) is 8.04. The zero-order valence-corrected chi connectivity index (χ0v) is 9.55. The van der Waals surface area contributed by atoms with Crippen LogP contribution in [0.1, 0.15) is 22.8 Å². The third-order valence-electron chi connectivity index (χ3n) is 2.21. The summed E-state index contributed by atoms with van der Waals surface area (Å²) < 4.78 is 4.85. The number of nitrogens with two attached hydrogens (primary N) is 1. The molecule has 0 bridgehead atoms. The molecule has 0 aliphatic carbocycles. The Bertz CT molecular complexity index is 417. The molecule has 1 aromatic rings. The van der Waals surface area contributed by atoms with Crippen LogP contribution in [0.25, 0.3) is 0 Å². The fourth-order valence-corrected chi connectivity index (χ4v) is 1.38. The van der Waals surface area contributed by atoms with Crippen molar-refractivity contribution in [1.29, 1.82) is 0 Å². The second-order valence-electron chi connectivity index (χ2n) is 3.57. The summed E-state index contributed by atoms with van der Waals surface area (Å²) in [5.74, 6) is -1.48. The van der Waals surface area contributed by atoms with Gasteiger partial charge in [0.1, 0.15) is 6.04 Å². The van der Waals surface area contributed by atoms with Gasteiger partial charge >= 0.3 is 11.9 Å². The summed E-state index contributed by atoms with van der Waals surface area (Å²) in [6.07, 6.45) is 0.183. The van der Waals surface area contributed by atoms with E-state index in [1.54, 1.807) is 31.2 Å². The molecule has 1 atom stereocenters. The molecule has 0 amide bonds. The summed E-state index contributed by atoms with van der Waals surface area (Å²) in [6, 6.07) is 5.66. The van der Waals surface area contributed by atoms with E-state index in [-0.39, 0.29) is 6.42 Å². The Balaban J connectivity index is 2.79. The lowest BCUT2D eigenvalue weighted by Crippen LogP contribution is -2.32. The van der Waals surface area contributed by atoms with Crippen molar-refractivity contribution in [3.05, 3.63) is 35.4 Å². The maximum absolute atomic E-state index is 11.4. The standard InChI is InChI=1S/C12H15NO4/c1-2-17-12(16)9-5-3-4-8(6-9)7-10(13)11(14)15/h3-6,10H,2,7,13H2,1H3,(H,14,15). The van der Waals surface area contributed by atoms with Gasteiger partial charge in [-0.3, -0.25) is 4.79 Å². The van der Waals surface area contributed by atoms with E-state index in [0.717, 1.165) is 0 Å². The summed E-state index contributed by atoms with van der Waals surface area (Å²) in [5, 5.41) is 8.69. The molecule has 17 heavy (non-hydrogen) atoms. The van der Waals surface area contributed by atoms with E-state index in [9.17, 15) is 9.59 Å². The van der Waals surface area contributed by atoms with Gasteiger partial charge in [-0.05, 0) is 31.0 Å². The van der Waals surface area contributed by atoms with Crippen molar-refractivity contribution >= 4 is 11.9 Å². The molecular weight excluding hydrogens is 222 g/mol. The largest absolute Gasteiger partial charge is 0.480 e. The number of rotatable bonds is 5. The van der Waals surface area contributed by atoms with Gasteiger partial charge in [0, 0.05) is 0 Å². The highest BCUT2D eigenvalue weighted by atomic mass is 16.5. The number of aliphatic carboxylic acids is 1. The summed E-state index contributed by atoms with van der Waals surface area (Å²) in [4.78, 5) is 22.1. The molecule has 0 saturated heterocycles. The summed E-state index contributed by atoms with van der Waals surface area (Å²) in [6.45, 7) is 2.03. The van der Waals surface area contributed by atoms with E-state index in [1.807, 2.05) is 0 Å². The quantitative estimate of drug-likeness (QED) is 0.740. The highest BCUT2D eigenvalue weighted by Crippen LogP contribution is 2.09. The van der Waals surface area contributed by atoms with Gasteiger partial charge in [0.25, 0.3) is 0 Å². The Kier molecular flexibility index (Phi) is 4.66. The molecule has 1 unspecified atom stereocenters. The number of esters is 1. The minimum atomic E-state index is -1.06. The van der Waals surface area contributed by atoms with Crippen LogP contribution in [-0.4, -0.2) is 29.7 Å². The van der Waals surface area contributed by atoms with Crippen molar-refractivity contribution in [2.24, 2.45) is 5.73 Å². The third-order valence-corrected chi connectivity index (χ3v) is 2.21. The lowest BCUT2D eigenvalue weighted by molar-refractivity contribution is -0.138. The fraction of sp³-hybridized carbons (Fsp3) is 0.333. The van der Waals surface area contributed by atoms with Gasteiger partial charge in [-0.2, -0.15) is 0 Å². The van der Waals surface area contributed by atoms with Gasteiger partial charge in [0.15, 0.2) is 0 Å². The Morgan fingerprint density at radius 2 is 2.18 bits per heavy atom. The molecule has 0 aliphatic heterocycles. The SMILES string of the molecule is CCOC(=O)c1cccc(CC(N)C(=O)O)c1. The summed E-state index contributed by atoms with van der Waals surface area (Å²) in [5.41, 5.74) is 6.52. The molecule has 0 saturated carbocycles. The average molecular weight is 237 g/mol. The zero-order valence-electron chi connectivity index (χ0n) is 9.55. The van der Waals surface area contributed by atoms with E-state index in [2.05, 4.69) is 0 Å². The molecule has 1 rings (SSSR count). The molecule has 0 heterocycles. The highest BCUT2D eigenvalue weighted by Gasteiger charge is 2.13. The van der Waals surface area contributed by atoms with Gasteiger partial charge in [0.2, 0.25) is 0 Å². The van der Waals surface area contributed by atoms with Crippen LogP contribution in [0.5, 0.6) is 0 Å². The minimum absolute atomic E-state index is 0.183. The van der Waals surface area contributed by atoms with Crippen molar-refractivity contribution in [2.45, 2.75) is 19.4 Å². The Morgan fingerprint density at radius 1 is 1.47 bits per heavy atom. The number of hydrogen-bond donors (Lipinski definition) is 2. The lowest BCUT2D eigenvalue weighted by atomic mass is 10.0. The number of carboxylic acids is 1. The van der Waals surface area contributed by atoms with Crippen LogP contribution in [0.2, 0.25) is 0 Å². The van der Waals surface area contributed by atoms with E-state index in [1.165, 1.54) is 0 Å². The zero-order chi connectivity index (χ0) is 12.8. The molecule has 0 aromatic heterocycles. The normalized spacial score (nSPS) is 11.9. The van der Waals surface area contributed by atoms with Crippen LogP contribution in [0.3, 0.4) is 0 Å². The number of hydrogen-bond acceptors (Lipinski definition) is 4. The smallest absolute Gasteiger partial charge is 0.338 e. The van der Waals surface area contributed by atoms with Crippen molar-refractivity contribution in [3.8, 4) is 0 Å². The monoisotopic (exact) mass is 237 g/mol. The van der Waals surface area contributed by atoms with Gasteiger partial charge in [0.05, 0.1) is 12.2 Å². The van der Waals surface area contributed by atoms with Crippen LogP contribution in [0.4, 0.5) is 0 Å². The van der Waals surface area contributed by atoms with E-state index in [0.29, 0.717) is 17.7 Å². The maximum atomic E-state index is 11.4. The Morgan fingerprint density at radius 3 is 2.76 bits per heavy atom. The van der Waals surface area contributed by atoms with E-state index < -0.39 is 18.0 Å². The fourth-order valence-electron chi connectivity index (χ4n) is 1.38. The first-order valence-electron chi connectivity index (χ1n) is 5.29. The summed E-state index contributed by atoms with van der Waals surface area (Å²) in [7, 11) is 0. The van der Waals surface area contributed by atoms with E-state index in [4.69, 9.17) is 15.6 Å². The predicted molar refractivity (Wildman–Crippen MR) is 61.7 cm³/mol. The molecule has 0 fully saturated rings. The van der Waals surface area contributed by atoms with Crippen molar-refractivity contribution < 1.29 is 19.4 Å². The number of carbonyl (C=O) groups excluding carboxylic acids is 1. The van der Waals surface area contributed by atoms with Crippen LogP contribution in [0, 0.1) is 0 Å². The predicted octanol–water partition coefficient (Wildman–Crippen LogP) is 0.818. The second kappa shape index (κ2) is 6.00. The number of carboxylic acid groups (broad SMARTS) is 1. The van der Waals surface area contributed by atoms with Gasteiger partial charge in [-0.15, -0.1) is 0 Å². The topological polar surface area (TPSA) is 89.6 Å².